The average molecular weight is 411 g/mol. The van der Waals surface area contributed by atoms with Crippen LogP contribution in [0, 0.1) is 0 Å². The third-order valence-corrected chi connectivity index (χ3v) is 4.60. The summed E-state index contributed by atoms with van der Waals surface area (Å²) < 4.78 is 5.19. The third kappa shape index (κ3) is 4.97. The van der Waals surface area contributed by atoms with E-state index in [-0.39, 0.29) is 12.3 Å². The Kier molecular flexibility index (Phi) is 6.14. The maximum atomic E-state index is 12.1. The molecule has 0 aliphatic carbocycles. The number of carbonyl (C=O) groups excluding carboxylic acids is 1. The Labute approximate surface area is 165 Å². The van der Waals surface area contributed by atoms with Gasteiger partial charge in [0.2, 0.25) is 11.8 Å². The Morgan fingerprint density at radius 2 is 1.77 bits per heavy atom. The van der Waals surface area contributed by atoms with Crippen molar-refractivity contribution in [3.8, 4) is 0 Å². The van der Waals surface area contributed by atoms with Crippen molar-refractivity contribution in [1.29, 1.82) is 0 Å². The summed E-state index contributed by atoms with van der Waals surface area (Å²) in [6.07, 6.45) is 1.07. The van der Waals surface area contributed by atoms with Gasteiger partial charge < -0.3 is 9.84 Å². The van der Waals surface area contributed by atoms with E-state index in [1.807, 2.05) is 30.3 Å². The topological polar surface area (TPSA) is 68.0 Å². The largest absolute Gasteiger partial charge is 0.339 e. The standard InChI is InChI=1S/C18H14Cl3N3O2/c19-12-9-14(21)15(10-13(12)20)22-17(25)6-7-18-23-16(24-26-18)8-11-4-2-1-3-5-11/h1-5,9-10H,6-8H2,(H,22,25). The van der Waals surface area contributed by atoms with E-state index < -0.39 is 0 Å². The van der Waals surface area contributed by atoms with Crippen LogP contribution in [0.15, 0.2) is 47.0 Å². The second kappa shape index (κ2) is 8.54. The molecule has 0 spiro atoms. The Bertz CT molecular complexity index is 913. The minimum absolute atomic E-state index is 0.170. The maximum Gasteiger partial charge on any atom is 0.227 e. The molecule has 0 saturated carbocycles. The first-order valence-corrected chi connectivity index (χ1v) is 8.94. The molecule has 1 N–H and O–H groups in total. The van der Waals surface area contributed by atoms with E-state index in [0.29, 0.717) is 45.3 Å². The van der Waals surface area contributed by atoms with Crippen LogP contribution < -0.4 is 5.32 Å². The van der Waals surface area contributed by atoms with Gasteiger partial charge in [0.25, 0.3) is 0 Å². The molecule has 3 rings (SSSR count). The van der Waals surface area contributed by atoms with Crippen LogP contribution in [0.3, 0.4) is 0 Å². The Balaban J connectivity index is 1.54. The van der Waals surface area contributed by atoms with Crippen molar-refractivity contribution in [2.45, 2.75) is 19.3 Å². The number of nitrogens with one attached hydrogen (secondary N) is 1. The molecule has 3 aromatic rings. The number of benzene rings is 2. The fourth-order valence-electron chi connectivity index (χ4n) is 2.29. The van der Waals surface area contributed by atoms with Crippen molar-refractivity contribution in [1.82, 2.24) is 10.1 Å². The summed E-state index contributed by atoms with van der Waals surface area (Å²) in [5, 5.41) is 7.58. The summed E-state index contributed by atoms with van der Waals surface area (Å²) in [4.78, 5) is 16.4. The van der Waals surface area contributed by atoms with Gasteiger partial charge in [-0.15, -0.1) is 0 Å². The van der Waals surface area contributed by atoms with Crippen LogP contribution in [0.5, 0.6) is 0 Å². The number of rotatable bonds is 6. The molecule has 8 heteroatoms. The Hall–Kier alpha value is -2.08. The molecule has 26 heavy (non-hydrogen) atoms. The molecule has 5 nitrogen and oxygen atoms in total. The number of halogens is 3. The first kappa shape index (κ1) is 18.7. The van der Waals surface area contributed by atoms with E-state index in [1.165, 1.54) is 12.1 Å². The molecule has 2 aromatic carbocycles. The van der Waals surface area contributed by atoms with Crippen molar-refractivity contribution in [2.75, 3.05) is 5.32 Å². The number of aryl methyl sites for hydroxylation is 1. The SMILES string of the molecule is O=C(CCc1nc(Cc2ccccc2)no1)Nc1cc(Cl)c(Cl)cc1Cl. The number of hydrogen-bond donors (Lipinski definition) is 1. The maximum absolute atomic E-state index is 12.1. The summed E-state index contributed by atoms with van der Waals surface area (Å²) in [5.41, 5.74) is 1.49. The van der Waals surface area contributed by atoms with Crippen molar-refractivity contribution in [3.63, 3.8) is 0 Å². The highest BCUT2D eigenvalue weighted by Crippen LogP contribution is 2.32. The smallest absolute Gasteiger partial charge is 0.227 e. The molecule has 0 atom stereocenters. The molecule has 1 aromatic heterocycles. The van der Waals surface area contributed by atoms with E-state index in [9.17, 15) is 4.79 Å². The van der Waals surface area contributed by atoms with Crippen LogP contribution in [0.4, 0.5) is 5.69 Å². The fraction of sp³-hybridized carbons (Fsp3) is 0.167. The van der Waals surface area contributed by atoms with Crippen molar-refractivity contribution in [2.24, 2.45) is 0 Å². The van der Waals surface area contributed by atoms with Gasteiger partial charge in [0, 0.05) is 19.3 Å². The zero-order valence-corrected chi connectivity index (χ0v) is 15.8. The van der Waals surface area contributed by atoms with Crippen molar-refractivity contribution >= 4 is 46.4 Å². The lowest BCUT2D eigenvalue weighted by Gasteiger charge is -2.08. The zero-order chi connectivity index (χ0) is 18.5. The Morgan fingerprint density at radius 1 is 1.04 bits per heavy atom. The van der Waals surface area contributed by atoms with Gasteiger partial charge >= 0.3 is 0 Å². The zero-order valence-electron chi connectivity index (χ0n) is 13.5. The van der Waals surface area contributed by atoms with E-state index in [4.69, 9.17) is 39.3 Å². The van der Waals surface area contributed by atoms with Gasteiger partial charge in [-0.1, -0.05) is 70.3 Å². The molecule has 0 bridgehead atoms. The molecule has 0 fully saturated rings. The summed E-state index contributed by atoms with van der Waals surface area (Å²) in [5.74, 6) is 0.749. The lowest BCUT2D eigenvalue weighted by atomic mass is 10.1. The monoisotopic (exact) mass is 409 g/mol. The number of amides is 1. The predicted octanol–water partition coefficient (Wildman–Crippen LogP) is 5.19. The second-order valence-electron chi connectivity index (χ2n) is 5.56. The molecule has 0 aliphatic rings. The molecule has 0 saturated heterocycles. The van der Waals surface area contributed by atoms with E-state index >= 15 is 0 Å². The lowest BCUT2D eigenvalue weighted by molar-refractivity contribution is -0.116. The predicted molar refractivity (Wildman–Crippen MR) is 102 cm³/mol. The van der Waals surface area contributed by atoms with Crippen LogP contribution in [0.2, 0.25) is 15.1 Å². The van der Waals surface area contributed by atoms with Gasteiger partial charge in [-0.2, -0.15) is 4.98 Å². The van der Waals surface area contributed by atoms with Crippen LogP contribution in [-0.4, -0.2) is 16.0 Å². The van der Waals surface area contributed by atoms with E-state index in [2.05, 4.69) is 15.5 Å². The number of carbonyl (C=O) groups is 1. The second-order valence-corrected chi connectivity index (χ2v) is 6.78. The molecule has 0 aliphatic heterocycles. The minimum Gasteiger partial charge on any atom is -0.339 e. The lowest BCUT2D eigenvalue weighted by Crippen LogP contribution is -2.12. The van der Waals surface area contributed by atoms with Gasteiger partial charge in [-0.3, -0.25) is 4.79 Å². The van der Waals surface area contributed by atoms with Crippen LogP contribution in [0.1, 0.15) is 23.7 Å². The van der Waals surface area contributed by atoms with E-state index in [1.54, 1.807) is 0 Å². The first-order valence-electron chi connectivity index (χ1n) is 7.81. The highest BCUT2D eigenvalue weighted by atomic mass is 35.5. The minimum atomic E-state index is -0.243. The van der Waals surface area contributed by atoms with E-state index in [0.717, 1.165) is 5.56 Å². The van der Waals surface area contributed by atoms with Crippen molar-refractivity contribution in [3.05, 3.63) is 74.8 Å². The van der Waals surface area contributed by atoms with Gasteiger partial charge in [0.05, 0.1) is 20.8 Å². The third-order valence-electron chi connectivity index (χ3n) is 3.57. The normalized spacial score (nSPS) is 10.7. The van der Waals surface area contributed by atoms with Gasteiger partial charge in [-0.05, 0) is 17.7 Å². The summed E-state index contributed by atoms with van der Waals surface area (Å²) in [6, 6.07) is 12.8. The quantitative estimate of drug-likeness (QED) is 0.568. The molecular weight excluding hydrogens is 397 g/mol. The number of hydrogen-bond acceptors (Lipinski definition) is 4. The molecular formula is C18H14Cl3N3O2. The van der Waals surface area contributed by atoms with Crippen LogP contribution in [0.25, 0.3) is 0 Å². The van der Waals surface area contributed by atoms with Gasteiger partial charge in [-0.25, -0.2) is 0 Å². The molecule has 1 heterocycles. The van der Waals surface area contributed by atoms with Crippen LogP contribution >= 0.6 is 34.8 Å². The highest BCUT2D eigenvalue weighted by Gasteiger charge is 2.12. The van der Waals surface area contributed by atoms with Crippen molar-refractivity contribution < 1.29 is 9.32 Å². The summed E-state index contributed by atoms with van der Waals surface area (Å²) >= 11 is 17.8. The molecule has 0 unspecified atom stereocenters. The fourth-order valence-corrected chi connectivity index (χ4v) is 2.89. The molecule has 0 radical (unpaired) electrons. The Morgan fingerprint density at radius 3 is 2.54 bits per heavy atom. The molecule has 1 amide bonds. The number of aromatic nitrogens is 2. The van der Waals surface area contributed by atoms with Crippen LogP contribution in [-0.2, 0) is 17.6 Å². The highest BCUT2D eigenvalue weighted by molar-refractivity contribution is 6.44. The average Bonchev–Trinajstić information content (AvgIpc) is 3.06. The first-order chi connectivity index (χ1) is 12.5. The van der Waals surface area contributed by atoms with Gasteiger partial charge in [0.1, 0.15) is 0 Å². The molecule has 134 valence electrons. The summed E-state index contributed by atoms with van der Waals surface area (Å²) in [7, 11) is 0. The number of anilines is 1. The number of nitrogens with zero attached hydrogens (tertiary/aromatic N) is 2. The summed E-state index contributed by atoms with van der Waals surface area (Å²) in [6.45, 7) is 0. The van der Waals surface area contributed by atoms with Gasteiger partial charge in [0.15, 0.2) is 5.82 Å².